The van der Waals surface area contributed by atoms with Gasteiger partial charge >= 0.3 is 0 Å². The maximum absolute atomic E-state index is 12.4. The molecule has 0 N–H and O–H groups in total. The number of halogens is 1. The summed E-state index contributed by atoms with van der Waals surface area (Å²) in [5.41, 5.74) is 0.421. The highest BCUT2D eigenvalue weighted by molar-refractivity contribution is 6.64. The van der Waals surface area contributed by atoms with Crippen LogP contribution in [0.3, 0.4) is 0 Å². The van der Waals surface area contributed by atoms with E-state index in [2.05, 4.69) is 0 Å². The molecule has 110 valence electrons. The van der Waals surface area contributed by atoms with Crippen molar-refractivity contribution in [2.45, 2.75) is 38.6 Å². The van der Waals surface area contributed by atoms with Gasteiger partial charge in [-0.25, -0.2) is 0 Å². The van der Waals surface area contributed by atoms with Crippen LogP contribution in [0.1, 0.15) is 53.3 Å². The van der Waals surface area contributed by atoms with E-state index in [-0.39, 0.29) is 23.1 Å². The predicted octanol–water partition coefficient (Wildman–Crippen LogP) is 3.00. The molecule has 0 unspecified atom stereocenters. The van der Waals surface area contributed by atoms with Gasteiger partial charge in [-0.2, -0.15) is 0 Å². The van der Waals surface area contributed by atoms with Gasteiger partial charge in [0.25, 0.3) is 11.8 Å². The fourth-order valence-electron chi connectivity index (χ4n) is 3.23. The Bertz CT molecular complexity index is 597. The molecule has 0 saturated heterocycles. The van der Waals surface area contributed by atoms with Gasteiger partial charge in [0.1, 0.15) is 0 Å². The fraction of sp³-hybridized carbons (Fsp3) is 0.438. The van der Waals surface area contributed by atoms with Gasteiger partial charge in [0.05, 0.1) is 11.1 Å². The van der Waals surface area contributed by atoms with Crippen LogP contribution in [0.5, 0.6) is 0 Å². The van der Waals surface area contributed by atoms with Gasteiger partial charge in [-0.1, -0.05) is 19.1 Å². The summed E-state index contributed by atoms with van der Waals surface area (Å²) in [6.07, 6.45) is 2.46. The van der Waals surface area contributed by atoms with Gasteiger partial charge in [-0.3, -0.25) is 19.3 Å². The fourth-order valence-corrected chi connectivity index (χ4v) is 3.42. The summed E-state index contributed by atoms with van der Waals surface area (Å²) in [6, 6.07) is 6.76. The zero-order chi connectivity index (χ0) is 15.2. The molecule has 1 aliphatic carbocycles. The van der Waals surface area contributed by atoms with Crippen molar-refractivity contribution in [3.8, 4) is 0 Å². The number of hydrogen-bond donors (Lipinski definition) is 0. The number of amides is 2. The van der Waals surface area contributed by atoms with Gasteiger partial charge in [-0.05, 0) is 49.4 Å². The lowest BCUT2D eigenvalue weighted by molar-refractivity contribution is -0.121. The molecule has 1 aromatic rings. The molecule has 1 heterocycles. The number of hydrogen-bond acceptors (Lipinski definition) is 3. The summed E-state index contributed by atoms with van der Waals surface area (Å²) in [6.45, 7) is 1.85. The van der Waals surface area contributed by atoms with Gasteiger partial charge in [-0.15, -0.1) is 0 Å². The van der Waals surface area contributed by atoms with Crippen LogP contribution in [0.15, 0.2) is 24.3 Å². The molecule has 0 atom stereocenters. The van der Waals surface area contributed by atoms with E-state index < -0.39 is 5.41 Å². The molecule has 3 rings (SSSR count). The van der Waals surface area contributed by atoms with Crippen molar-refractivity contribution in [2.24, 2.45) is 5.41 Å². The minimum absolute atomic E-state index is 0.138. The summed E-state index contributed by atoms with van der Waals surface area (Å²) in [5, 5.41) is -0.330. The Labute approximate surface area is 128 Å². The first kappa shape index (κ1) is 14.3. The van der Waals surface area contributed by atoms with E-state index in [1.54, 1.807) is 24.3 Å². The van der Waals surface area contributed by atoms with Crippen molar-refractivity contribution in [3.63, 3.8) is 0 Å². The van der Waals surface area contributed by atoms with Crippen molar-refractivity contribution in [1.82, 2.24) is 4.90 Å². The van der Waals surface area contributed by atoms with E-state index in [0.717, 1.165) is 0 Å². The molecule has 0 radical (unpaired) electrons. The Morgan fingerprint density at radius 2 is 1.62 bits per heavy atom. The Hall–Kier alpha value is -1.68. The van der Waals surface area contributed by atoms with Crippen molar-refractivity contribution in [2.75, 3.05) is 0 Å². The molecule has 5 heteroatoms. The summed E-state index contributed by atoms with van der Waals surface area (Å²) in [7, 11) is 0. The number of carbonyl (C=O) groups is 3. The van der Waals surface area contributed by atoms with E-state index in [4.69, 9.17) is 11.6 Å². The maximum atomic E-state index is 12.4. The van der Waals surface area contributed by atoms with Crippen molar-refractivity contribution in [1.29, 1.82) is 0 Å². The monoisotopic (exact) mass is 305 g/mol. The van der Waals surface area contributed by atoms with Gasteiger partial charge in [0.15, 0.2) is 0 Å². The van der Waals surface area contributed by atoms with Crippen LogP contribution in [0.4, 0.5) is 0 Å². The second-order valence-electron chi connectivity index (χ2n) is 6.09. The Kier molecular flexibility index (Phi) is 3.36. The molecule has 4 nitrogen and oxygen atoms in total. The molecular weight excluding hydrogens is 290 g/mol. The normalized spacial score (nSPS) is 28.7. The Morgan fingerprint density at radius 3 is 2.05 bits per heavy atom. The summed E-state index contributed by atoms with van der Waals surface area (Å²) in [5.74, 6) is -0.442. The second kappa shape index (κ2) is 4.95. The van der Waals surface area contributed by atoms with Crippen molar-refractivity contribution < 1.29 is 14.4 Å². The largest absolute Gasteiger partial charge is 0.281 e. The average molecular weight is 306 g/mol. The van der Waals surface area contributed by atoms with E-state index >= 15 is 0 Å². The third-order valence-corrected chi connectivity index (χ3v) is 5.18. The minimum Gasteiger partial charge on any atom is -0.281 e. The molecule has 2 amide bonds. The predicted molar refractivity (Wildman–Crippen MR) is 78.2 cm³/mol. The number of imide groups is 1. The van der Waals surface area contributed by atoms with Crippen LogP contribution in [0.25, 0.3) is 0 Å². The van der Waals surface area contributed by atoms with Gasteiger partial charge in [0.2, 0.25) is 5.24 Å². The Balaban J connectivity index is 1.80. The molecule has 1 aliphatic heterocycles. The van der Waals surface area contributed by atoms with Crippen LogP contribution in [0, 0.1) is 5.41 Å². The third kappa shape index (κ3) is 2.18. The molecule has 0 bridgehead atoms. The highest BCUT2D eigenvalue weighted by atomic mass is 35.5. The lowest BCUT2D eigenvalue weighted by Crippen LogP contribution is -2.44. The minimum atomic E-state index is -0.531. The maximum Gasteiger partial charge on any atom is 0.261 e. The first-order chi connectivity index (χ1) is 9.94. The summed E-state index contributed by atoms with van der Waals surface area (Å²) in [4.78, 5) is 37.7. The zero-order valence-electron chi connectivity index (χ0n) is 11.8. The zero-order valence-corrected chi connectivity index (χ0v) is 12.5. The van der Waals surface area contributed by atoms with Crippen LogP contribution in [0.2, 0.25) is 0 Å². The van der Waals surface area contributed by atoms with E-state index in [9.17, 15) is 14.4 Å². The van der Waals surface area contributed by atoms with Crippen LogP contribution in [-0.4, -0.2) is 28.0 Å². The third-order valence-electron chi connectivity index (χ3n) is 4.72. The molecule has 2 aliphatic rings. The molecule has 1 aromatic carbocycles. The number of carbonyl (C=O) groups excluding carboxylic acids is 3. The first-order valence-electron chi connectivity index (χ1n) is 7.11. The summed E-state index contributed by atoms with van der Waals surface area (Å²) < 4.78 is 0. The number of nitrogens with zero attached hydrogens (tertiary/aromatic N) is 1. The van der Waals surface area contributed by atoms with Gasteiger partial charge < -0.3 is 0 Å². The lowest BCUT2D eigenvalue weighted by atomic mass is 9.74. The molecule has 1 fully saturated rings. The molecular formula is C16H16ClNO3. The topological polar surface area (TPSA) is 54.5 Å². The Morgan fingerprint density at radius 1 is 1.14 bits per heavy atom. The van der Waals surface area contributed by atoms with E-state index in [1.807, 2.05) is 6.92 Å². The van der Waals surface area contributed by atoms with Crippen molar-refractivity contribution in [3.05, 3.63) is 35.4 Å². The highest BCUT2D eigenvalue weighted by Gasteiger charge is 2.44. The average Bonchev–Trinajstić information content (AvgIpc) is 2.73. The van der Waals surface area contributed by atoms with Crippen molar-refractivity contribution >= 4 is 28.7 Å². The second-order valence-corrected chi connectivity index (χ2v) is 6.43. The summed E-state index contributed by atoms with van der Waals surface area (Å²) >= 11 is 5.65. The van der Waals surface area contributed by atoms with Crippen LogP contribution < -0.4 is 0 Å². The van der Waals surface area contributed by atoms with Gasteiger partial charge in [0, 0.05) is 11.5 Å². The van der Waals surface area contributed by atoms with E-state index in [0.29, 0.717) is 36.8 Å². The molecule has 0 aromatic heterocycles. The van der Waals surface area contributed by atoms with Crippen LogP contribution in [-0.2, 0) is 4.79 Å². The van der Waals surface area contributed by atoms with E-state index in [1.165, 1.54) is 4.90 Å². The lowest BCUT2D eigenvalue weighted by Gasteiger charge is -2.37. The quantitative estimate of drug-likeness (QED) is 0.623. The molecule has 1 saturated carbocycles. The van der Waals surface area contributed by atoms with Crippen LogP contribution >= 0.6 is 11.6 Å². The molecule has 0 spiro atoms. The highest BCUT2D eigenvalue weighted by Crippen LogP contribution is 2.41. The standard InChI is InChI=1S/C16H16ClNO3/c1-16(15(17)21)8-6-10(7-9-16)18-13(19)11-4-2-3-5-12(11)14(18)20/h2-5,10H,6-9H2,1H3. The number of rotatable bonds is 2. The first-order valence-corrected chi connectivity index (χ1v) is 7.49. The SMILES string of the molecule is CC1(C(=O)Cl)CCC(N2C(=O)c3ccccc3C2=O)CC1. The number of benzene rings is 1. The smallest absolute Gasteiger partial charge is 0.261 e. The molecule has 21 heavy (non-hydrogen) atoms. The number of fused-ring (bicyclic) bond motifs is 1.